The molecule has 1 unspecified atom stereocenters. The number of benzene rings is 1. The zero-order valence-electron chi connectivity index (χ0n) is 11.4. The molecular weight excluding hydrogens is 272 g/mol. The maximum atomic E-state index is 6.30. The van der Waals surface area contributed by atoms with E-state index >= 15 is 0 Å². The van der Waals surface area contributed by atoms with Crippen LogP contribution in [0, 0.1) is 13.8 Å². The summed E-state index contributed by atoms with van der Waals surface area (Å²) in [6.07, 6.45) is 0. The summed E-state index contributed by atoms with van der Waals surface area (Å²) in [5.41, 5.74) is 9.97. The number of rotatable bonds is 2. The van der Waals surface area contributed by atoms with Gasteiger partial charge in [0.25, 0.3) is 0 Å². The van der Waals surface area contributed by atoms with Crippen LogP contribution in [0.5, 0.6) is 0 Å². The van der Waals surface area contributed by atoms with Gasteiger partial charge in [-0.05, 0) is 49.7 Å². The highest BCUT2D eigenvalue weighted by atomic mass is 35.5. The van der Waals surface area contributed by atoms with Crippen LogP contribution >= 0.6 is 11.6 Å². The Morgan fingerprint density at radius 2 is 1.95 bits per heavy atom. The van der Waals surface area contributed by atoms with Gasteiger partial charge in [0, 0.05) is 21.8 Å². The van der Waals surface area contributed by atoms with Crippen LogP contribution in [0.15, 0.2) is 40.8 Å². The average molecular weight is 287 g/mol. The first kappa shape index (κ1) is 13.2. The summed E-state index contributed by atoms with van der Waals surface area (Å²) in [7, 11) is 0. The molecule has 0 fully saturated rings. The summed E-state index contributed by atoms with van der Waals surface area (Å²) in [4.78, 5) is 4.45. The van der Waals surface area contributed by atoms with Crippen molar-refractivity contribution in [2.75, 3.05) is 0 Å². The van der Waals surface area contributed by atoms with Gasteiger partial charge in [0.1, 0.15) is 11.3 Å². The van der Waals surface area contributed by atoms with Crippen molar-refractivity contribution >= 4 is 22.6 Å². The molecule has 0 bridgehead atoms. The van der Waals surface area contributed by atoms with E-state index in [1.807, 2.05) is 44.2 Å². The maximum absolute atomic E-state index is 6.30. The predicted octanol–water partition coefficient (Wildman–Crippen LogP) is 4.15. The van der Waals surface area contributed by atoms with E-state index in [1.165, 1.54) is 0 Å². The summed E-state index contributed by atoms with van der Waals surface area (Å²) >= 11 is 5.98. The van der Waals surface area contributed by atoms with Crippen LogP contribution in [0.3, 0.4) is 0 Å². The Bertz CT molecular complexity index is 779. The lowest BCUT2D eigenvalue weighted by molar-refractivity contribution is 0.523. The minimum atomic E-state index is -0.325. The molecule has 4 heteroatoms. The lowest BCUT2D eigenvalue weighted by atomic mass is 10.0. The first-order valence-electron chi connectivity index (χ1n) is 6.43. The van der Waals surface area contributed by atoms with Gasteiger partial charge in [0.2, 0.25) is 0 Å². The molecule has 2 heterocycles. The third-order valence-corrected chi connectivity index (χ3v) is 3.64. The first-order valence-corrected chi connectivity index (χ1v) is 6.81. The minimum absolute atomic E-state index is 0.325. The SMILES string of the molecule is Cc1ccc(C(N)c2cc3cc(Cl)ccc3o2)c(C)n1. The number of pyridine rings is 1. The second kappa shape index (κ2) is 4.93. The van der Waals surface area contributed by atoms with Gasteiger partial charge in [-0.3, -0.25) is 4.98 Å². The van der Waals surface area contributed by atoms with Crippen molar-refractivity contribution in [1.82, 2.24) is 4.98 Å². The third-order valence-electron chi connectivity index (χ3n) is 3.40. The minimum Gasteiger partial charge on any atom is -0.459 e. The molecule has 1 aromatic carbocycles. The van der Waals surface area contributed by atoms with E-state index in [2.05, 4.69) is 4.98 Å². The quantitative estimate of drug-likeness (QED) is 0.770. The number of hydrogen-bond donors (Lipinski definition) is 1. The predicted molar refractivity (Wildman–Crippen MR) is 81.0 cm³/mol. The highest BCUT2D eigenvalue weighted by Gasteiger charge is 2.17. The van der Waals surface area contributed by atoms with Crippen molar-refractivity contribution in [3.63, 3.8) is 0 Å². The van der Waals surface area contributed by atoms with E-state index in [0.717, 1.165) is 33.7 Å². The summed E-state index contributed by atoms with van der Waals surface area (Å²) < 4.78 is 5.81. The molecule has 3 aromatic rings. The number of hydrogen-bond acceptors (Lipinski definition) is 3. The molecule has 0 aliphatic rings. The van der Waals surface area contributed by atoms with Gasteiger partial charge >= 0.3 is 0 Å². The number of aromatic nitrogens is 1. The molecule has 20 heavy (non-hydrogen) atoms. The highest BCUT2D eigenvalue weighted by Crippen LogP contribution is 2.29. The van der Waals surface area contributed by atoms with Crippen molar-refractivity contribution in [3.05, 3.63) is 64.1 Å². The van der Waals surface area contributed by atoms with E-state index < -0.39 is 0 Å². The molecule has 0 aliphatic heterocycles. The first-order chi connectivity index (χ1) is 9.54. The van der Waals surface area contributed by atoms with Crippen LogP contribution in [0.4, 0.5) is 0 Å². The normalized spacial score (nSPS) is 12.8. The van der Waals surface area contributed by atoms with Crippen molar-refractivity contribution in [2.24, 2.45) is 5.73 Å². The molecular formula is C16H15ClN2O. The molecule has 102 valence electrons. The summed E-state index contributed by atoms with van der Waals surface area (Å²) in [6.45, 7) is 3.92. The van der Waals surface area contributed by atoms with Gasteiger partial charge in [-0.1, -0.05) is 17.7 Å². The molecule has 1 atom stereocenters. The van der Waals surface area contributed by atoms with E-state index in [4.69, 9.17) is 21.8 Å². The molecule has 3 rings (SSSR count). The van der Waals surface area contributed by atoms with Crippen LogP contribution in [0.2, 0.25) is 5.02 Å². The molecule has 2 N–H and O–H groups in total. The Morgan fingerprint density at radius 3 is 2.70 bits per heavy atom. The second-order valence-corrected chi connectivity index (χ2v) is 5.37. The van der Waals surface area contributed by atoms with Crippen LogP contribution in [0.25, 0.3) is 11.0 Å². The van der Waals surface area contributed by atoms with Crippen LogP contribution in [-0.2, 0) is 0 Å². The molecule has 0 aliphatic carbocycles. The maximum Gasteiger partial charge on any atom is 0.134 e. The van der Waals surface area contributed by atoms with Gasteiger partial charge < -0.3 is 10.2 Å². The van der Waals surface area contributed by atoms with Gasteiger partial charge in [0.05, 0.1) is 6.04 Å². The van der Waals surface area contributed by atoms with E-state index in [1.54, 1.807) is 6.07 Å². The van der Waals surface area contributed by atoms with Crippen LogP contribution in [-0.4, -0.2) is 4.98 Å². The Hall–Kier alpha value is -1.84. The Balaban J connectivity index is 2.05. The Morgan fingerprint density at radius 1 is 1.15 bits per heavy atom. The zero-order valence-corrected chi connectivity index (χ0v) is 12.1. The third kappa shape index (κ3) is 2.30. The van der Waals surface area contributed by atoms with Crippen molar-refractivity contribution in [1.29, 1.82) is 0 Å². The second-order valence-electron chi connectivity index (χ2n) is 4.94. The van der Waals surface area contributed by atoms with Crippen LogP contribution < -0.4 is 5.73 Å². The van der Waals surface area contributed by atoms with E-state index in [-0.39, 0.29) is 6.04 Å². The standard InChI is InChI=1S/C16H15ClN2O/c1-9-3-5-13(10(2)19-9)16(18)15-8-11-7-12(17)4-6-14(11)20-15/h3-8,16H,18H2,1-2H3. The highest BCUT2D eigenvalue weighted by molar-refractivity contribution is 6.31. The van der Waals surface area contributed by atoms with Gasteiger partial charge in [0.15, 0.2) is 0 Å². The number of fused-ring (bicyclic) bond motifs is 1. The van der Waals surface area contributed by atoms with Gasteiger partial charge in [-0.2, -0.15) is 0 Å². The molecule has 3 nitrogen and oxygen atoms in total. The molecule has 0 spiro atoms. The van der Waals surface area contributed by atoms with E-state index in [9.17, 15) is 0 Å². The van der Waals surface area contributed by atoms with Crippen molar-refractivity contribution in [3.8, 4) is 0 Å². The fraction of sp³-hybridized carbons (Fsp3) is 0.188. The largest absolute Gasteiger partial charge is 0.459 e. The number of aryl methyl sites for hydroxylation is 2. The van der Waals surface area contributed by atoms with Gasteiger partial charge in [-0.25, -0.2) is 0 Å². The molecule has 2 aromatic heterocycles. The van der Waals surface area contributed by atoms with Crippen molar-refractivity contribution < 1.29 is 4.42 Å². The van der Waals surface area contributed by atoms with Crippen molar-refractivity contribution in [2.45, 2.75) is 19.9 Å². The lowest BCUT2D eigenvalue weighted by Crippen LogP contribution is -2.13. The smallest absolute Gasteiger partial charge is 0.134 e. The van der Waals surface area contributed by atoms with E-state index in [0.29, 0.717) is 5.02 Å². The molecule has 0 amide bonds. The lowest BCUT2D eigenvalue weighted by Gasteiger charge is -2.12. The number of nitrogens with zero attached hydrogens (tertiary/aromatic N) is 1. The molecule has 0 saturated carbocycles. The topological polar surface area (TPSA) is 52.0 Å². The molecule has 0 radical (unpaired) electrons. The number of halogens is 1. The monoisotopic (exact) mass is 286 g/mol. The Kier molecular flexibility index (Phi) is 3.24. The number of furan rings is 1. The summed E-state index contributed by atoms with van der Waals surface area (Å²) in [5, 5.41) is 1.65. The molecule has 0 saturated heterocycles. The zero-order chi connectivity index (χ0) is 14.3. The number of nitrogens with two attached hydrogens (primary N) is 1. The summed E-state index contributed by atoms with van der Waals surface area (Å²) in [5.74, 6) is 0.719. The van der Waals surface area contributed by atoms with Gasteiger partial charge in [-0.15, -0.1) is 0 Å². The summed E-state index contributed by atoms with van der Waals surface area (Å²) in [6, 6.07) is 11.1. The average Bonchev–Trinajstić information content (AvgIpc) is 2.81. The Labute approximate surface area is 122 Å². The fourth-order valence-corrected chi connectivity index (χ4v) is 2.55. The fourth-order valence-electron chi connectivity index (χ4n) is 2.37. The van der Waals surface area contributed by atoms with Crippen LogP contribution in [0.1, 0.15) is 28.8 Å².